The number of ether oxygens (including phenoxy) is 2. The van der Waals surface area contributed by atoms with Crippen LogP contribution in [-0.2, 0) is 9.53 Å². The van der Waals surface area contributed by atoms with Gasteiger partial charge in [0.15, 0.2) is 11.7 Å². The zero-order valence-corrected chi connectivity index (χ0v) is 18.8. The van der Waals surface area contributed by atoms with Gasteiger partial charge >= 0.3 is 5.97 Å². The number of hydrogen-bond donors (Lipinski definition) is 1. The Morgan fingerprint density at radius 3 is 2.62 bits per heavy atom. The van der Waals surface area contributed by atoms with Crippen LogP contribution in [0.1, 0.15) is 5.56 Å². The maximum Gasteiger partial charge on any atom is 0.365 e. The molecule has 0 aromatic heterocycles. The Bertz CT molecular complexity index is 1310. The van der Waals surface area contributed by atoms with Crippen molar-refractivity contribution in [2.75, 3.05) is 33.3 Å². The van der Waals surface area contributed by atoms with E-state index in [9.17, 15) is 4.79 Å². The lowest BCUT2D eigenvalue weighted by Crippen LogP contribution is -2.49. The van der Waals surface area contributed by atoms with Crippen molar-refractivity contribution in [1.29, 1.82) is 0 Å². The number of aliphatic imine (C=N–C) groups is 2. The number of benzene rings is 3. The molecule has 0 amide bonds. The molecule has 2 N–H and O–H groups in total. The highest BCUT2D eigenvalue weighted by Crippen LogP contribution is 2.27. The average Bonchev–Trinajstić information content (AvgIpc) is 3.24. The molecule has 0 atom stereocenters. The Labute approximate surface area is 197 Å². The number of carbonyl (C=O) groups is 1. The van der Waals surface area contributed by atoms with E-state index < -0.39 is 5.97 Å². The number of guanidine groups is 1. The van der Waals surface area contributed by atoms with Crippen molar-refractivity contribution < 1.29 is 14.3 Å². The van der Waals surface area contributed by atoms with Crippen LogP contribution in [0.3, 0.4) is 0 Å². The third kappa shape index (κ3) is 4.43. The standard InChI is InChI=1S/C26H25N5O3/c1-33-20-10-11-21-18(16-20)6-5-9-22(21)24-29-23(25(32)34-24)17-30-12-14-31(15-13-30)26(27)28-19-7-3-2-4-8-19/h2-11,16-17H,12-15H2,1H3,(H2,27,28). The smallest absolute Gasteiger partial charge is 0.365 e. The van der Waals surface area contributed by atoms with Gasteiger partial charge in [0, 0.05) is 37.9 Å². The summed E-state index contributed by atoms with van der Waals surface area (Å²) in [5.41, 5.74) is 8.08. The molecule has 8 heteroatoms. The van der Waals surface area contributed by atoms with E-state index in [1.807, 2.05) is 71.6 Å². The minimum atomic E-state index is -0.451. The number of hydrogen-bond acceptors (Lipinski definition) is 6. The Hall–Kier alpha value is -4.33. The fourth-order valence-electron chi connectivity index (χ4n) is 4.05. The van der Waals surface area contributed by atoms with E-state index in [1.54, 1.807) is 13.3 Å². The van der Waals surface area contributed by atoms with Gasteiger partial charge in [-0.25, -0.2) is 14.8 Å². The number of nitrogens with two attached hydrogens (primary N) is 1. The van der Waals surface area contributed by atoms with Gasteiger partial charge in [0.05, 0.1) is 12.8 Å². The molecule has 0 aliphatic carbocycles. The molecule has 8 nitrogen and oxygen atoms in total. The second-order valence-electron chi connectivity index (χ2n) is 8.04. The lowest BCUT2D eigenvalue weighted by atomic mass is 10.0. The molecule has 1 fully saturated rings. The normalized spacial score (nSPS) is 17.8. The first kappa shape index (κ1) is 21.5. The maximum absolute atomic E-state index is 12.5. The summed E-state index contributed by atoms with van der Waals surface area (Å²) in [5, 5.41) is 1.93. The van der Waals surface area contributed by atoms with Crippen molar-refractivity contribution in [3.8, 4) is 5.75 Å². The number of para-hydroxylation sites is 1. The third-order valence-electron chi connectivity index (χ3n) is 5.88. The average molecular weight is 456 g/mol. The summed E-state index contributed by atoms with van der Waals surface area (Å²) < 4.78 is 10.8. The van der Waals surface area contributed by atoms with Crippen LogP contribution < -0.4 is 10.5 Å². The lowest BCUT2D eigenvalue weighted by molar-refractivity contribution is -0.130. The highest BCUT2D eigenvalue weighted by molar-refractivity contribution is 6.16. The van der Waals surface area contributed by atoms with Crippen molar-refractivity contribution in [3.63, 3.8) is 0 Å². The van der Waals surface area contributed by atoms with Gasteiger partial charge in [-0.1, -0.05) is 30.3 Å². The van der Waals surface area contributed by atoms with Gasteiger partial charge in [0.25, 0.3) is 0 Å². The zero-order valence-electron chi connectivity index (χ0n) is 18.8. The molecule has 3 aromatic rings. The summed E-state index contributed by atoms with van der Waals surface area (Å²) in [4.78, 5) is 25.6. The second-order valence-corrected chi connectivity index (χ2v) is 8.04. The lowest BCUT2D eigenvalue weighted by Gasteiger charge is -2.34. The minimum absolute atomic E-state index is 0.292. The van der Waals surface area contributed by atoms with Crippen molar-refractivity contribution >= 4 is 34.3 Å². The molecule has 0 unspecified atom stereocenters. The molecule has 34 heavy (non-hydrogen) atoms. The van der Waals surface area contributed by atoms with E-state index in [4.69, 9.17) is 15.2 Å². The number of esters is 1. The Morgan fingerprint density at radius 1 is 1.06 bits per heavy atom. The molecule has 2 aliphatic rings. The van der Waals surface area contributed by atoms with Crippen LogP contribution in [-0.4, -0.2) is 60.9 Å². The summed E-state index contributed by atoms with van der Waals surface area (Å²) in [6, 6.07) is 21.2. The van der Waals surface area contributed by atoms with E-state index in [2.05, 4.69) is 14.9 Å². The SMILES string of the molecule is COc1ccc2c(C3=NC(=CN4CCN(C(N)=Nc5ccccc5)CC4)C(=O)O3)cccc2c1. The number of carbonyl (C=O) groups excluding carboxylic acids is 1. The quantitative estimate of drug-likeness (QED) is 0.281. The highest BCUT2D eigenvalue weighted by atomic mass is 16.6. The fraction of sp³-hybridized carbons (Fsp3) is 0.192. The first-order chi connectivity index (χ1) is 16.6. The second kappa shape index (κ2) is 9.27. The zero-order chi connectivity index (χ0) is 23.5. The van der Waals surface area contributed by atoms with Crippen LogP contribution in [0.15, 0.2) is 88.6 Å². The van der Waals surface area contributed by atoms with Gasteiger partial charge in [-0.15, -0.1) is 0 Å². The van der Waals surface area contributed by atoms with Crippen LogP contribution in [0.4, 0.5) is 5.69 Å². The summed E-state index contributed by atoms with van der Waals surface area (Å²) in [5.74, 6) is 1.12. The summed E-state index contributed by atoms with van der Waals surface area (Å²) in [7, 11) is 1.63. The molecule has 1 saturated heterocycles. The predicted molar refractivity (Wildman–Crippen MR) is 132 cm³/mol. The number of fused-ring (bicyclic) bond motifs is 1. The largest absolute Gasteiger partial charge is 0.497 e. The molecule has 0 radical (unpaired) electrons. The molecule has 2 heterocycles. The number of piperazine rings is 1. The van der Waals surface area contributed by atoms with Crippen molar-refractivity contribution in [1.82, 2.24) is 9.80 Å². The number of cyclic esters (lactones) is 1. The van der Waals surface area contributed by atoms with E-state index in [1.165, 1.54) is 0 Å². The van der Waals surface area contributed by atoms with E-state index >= 15 is 0 Å². The van der Waals surface area contributed by atoms with Crippen LogP contribution >= 0.6 is 0 Å². The molecule has 0 saturated carbocycles. The molecule has 0 bridgehead atoms. The van der Waals surface area contributed by atoms with Crippen molar-refractivity contribution in [2.24, 2.45) is 15.7 Å². The number of rotatable bonds is 4. The van der Waals surface area contributed by atoms with Crippen molar-refractivity contribution in [3.05, 3.63) is 84.2 Å². The van der Waals surface area contributed by atoms with E-state index in [0.717, 1.165) is 27.8 Å². The predicted octanol–water partition coefficient (Wildman–Crippen LogP) is 3.26. The molecular formula is C26H25N5O3. The topological polar surface area (TPSA) is 92.8 Å². The number of methoxy groups -OCH3 is 1. The van der Waals surface area contributed by atoms with E-state index in [0.29, 0.717) is 43.7 Å². The summed E-state index contributed by atoms with van der Waals surface area (Å²) in [6.45, 7) is 2.78. The molecule has 5 rings (SSSR count). The Kier molecular flexibility index (Phi) is 5.86. The van der Waals surface area contributed by atoms with Gasteiger partial charge < -0.3 is 25.0 Å². The summed E-state index contributed by atoms with van der Waals surface area (Å²) >= 11 is 0. The molecular weight excluding hydrogens is 430 g/mol. The third-order valence-corrected chi connectivity index (χ3v) is 5.88. The highest BCUT2D eigenvalue weighted by Gasteiger charge is 2.27. The van der Waals surface area contributed by atoms with E-state index in [-0.39, 0.29) is 0 Å². The van der Waals surface area contributed by atoms with Crippen LogP contribution in [0.25, 0.3) is 10.8 Å². The van der Waals surface area contributed by atoms with Crippen molar-refractivity contribution in [2.45, 2.75) is 0 Å². The van der Waals surface area contributed by atoms with Gasteiger partial charge in [-0.05, 0) is 47.2 Å². The van der Waals surface area contributed by atoms with Gasteiger partial charge in [0.2, 0.25) is 5.90 Å². The Balaban J connectivity index is 1.30. The minimum Gasteiger partial charge on any atom is -0.497 e. The maximum atomic E-state index is 12.5. The fourth-order valence-corrected chi connectivity index (χ4v) is 4.05. The van der Waals surface area contributed by atoms with Gasteiger partial charge in [-0.3, -0.25) is 0 Å². The van der Waals surface area contributed by atoms with Crippen LogP contribution in [0, 0.1) is 0 Å². The first-order valence-electron chi connectivity index (χ1n) is 11.1. The monoisotopic (exact) mass is 455 g/mol. The molecule has 172 valence electrons. The first-order valence-corrected chi connectivity index (χ1v) is 11.1. The molecule has 3 aromatic carbocycles. The van der Waals surface area contributed by atoms with Crippen LogP contribution in [0.2, 0.25) is 0 Å². The van der Waals surface area contributed by atoms with Crippen LogP contribution in [0.5, 0.6) is 5.75 Å². The summed E-state index contributed by atoms with van der Waals surface area (Å²) in [6.07, 6.45) is 1.77. The number of nitrogens with zero attached hydrogens (tertiary/aromatic N) is 4. The van der Waals surface area contributed by atoms with Gasteiger partial charge in [0.1, 0.15) is 5.75 Å². The molecule has 0 spiro atoms. The van der Waals surface area contributed by atoms with Gasteiger partial charge in [-0.2, -0.15) is 0 Å². The Morgan fingerprint density at radius 2 is 1.85 bits per heavy atom. The molecule has 2 aliphatic heterocycles.